The number of carbonyl (C=O) groups is 1. The van der Waals surface area contributed by atoms with Gasteiger partial charge in [0.1, 0.15) is 5.69 Å². The number of halogens is 2. The van der Waals surface area contributed by atoms with Gasteiger partial charge in [0.05, 0.1) is 17.8 Å². The summed E-state index contributed by atoms with van der Waals surface area (Å²) in [4.78, 5) is 11.7. The highest BCUT2D eigenvalue weighted by Gasteiger charge is 2.25. The number of amides is 1. The third-order valence-electron chi connectivity index (χ3n) is 3.29. The van der Waals surface area contributed by atoms with Gasteiger partial charge in [0.2, 0.25) is 0 Å². The Hall–Kier alpha value is -2.28. The number of nitrogens with one attached hydrogen (secondary N) is 1. The monoisotopic (exact) mass is 278 g/mol. The number of fused-ring (bicyclic) bond motifs is 1. The first-order valence-corrected chi connectivity index (χ1v) is 6.13. The highest BCUT2D eigenvalue weighted by Crippen LogP contribution is 2.27. The number of aromatic nitrogens is 2. The fourth-order valence-electron chi connectivity index (χ4n) is 2.36. The maximum absolute atomic E-state index is 13.3. The summed E-state index contributed by atoms with van der Waals surface area (Å²) in [6, 6.07) is 3.40. The van der Waals surface area contributed by atoms with Gasteiger partial charge in [-0.2, -0.15) is 5.10 Å². The number of carbonyl (C=O) groups excluding carboxylic acids is 1. The Morgan fingerprint density at radius 1 is 1.35 bits per heavy atom. The Kier molecular flexibility index (Phi) is 2.98. The van der Waals surface area contributed by atoms with E-state index in [1.807, 2.05) is 0 Å². The first-order chi connectivity index (χ1) is 9.58. The van der Waals surface area contributed by atoms with Crippen LogP contribution in [-0.2, 0) is 13.1 Å². The van der Waals surface area contributed by atoms with Gasteiger partial charge in [-0.3, -0.25) is 9.48 Å². The zero-order valence-electron chi connectivity index (χ0n) is 10.5. The molecule has 7 heteroatoms. The number of hydrogen-bond acceptors (Lipinski definition) is 3. The van der Waals surface area contributed by atoms with Gasteiger partial charge in [-0.05, 0) is 18.2 Å². The number of rotatable bonds is 2. The molecular weight excluding hydrogens is 266 g/mol. The summed E-state index contributed by atoms with van der Waals surface area (Å²) in [6.45, 7) is 1.79. The van der Waals surface area contributed by atoms with E-state index >= 15 is 0 Å². The van der Waals surface area contributed by atoms with Gasteiger partial charge >= 0.3 is 0 Å². The van der Waals surface area contributed by atoms with Crippen molar-refractivity contribution in [1.82, 2.24) is 15.1 Å². The predicted molar refractivity (Wildman–Crippen MR) is 67.8 cm³/mol. The van der Waals surface area contributed by atoms with Crippen molar-refractivity contribution in [3.8, 4) is 11.3 Å². The average molecular weight is 278 g/mol. The minimum Gasteiger partial charge on any atom is -0.365 e. The molecule has 104 valence electrons. The minimum atomic E-state index is -0.984. The maximum Gasteiger partial charge on any atom is 0.252 e. The molecule has 0 fully saturated rings. The second kappa shape index (κ2) is 4.68. The first kappa shape index (κ1) is 12.7. The Morgan fingerprint density at radius 2 is 2.15 bits per heavy atom. The molecule has 2 heterocycles. The smallest absolute Gasteiger partial charge is 0.252 e. The molecule has 0 unspecified atom stereocenters. The molecule has 1 aliphatic heterocycles. The first-order valence-electron chi connectivity index (χ1n) is 6.13. The fourth-order valence-corrected chi connectivity index (χ4v) is 2.36. The summed E-state index contributed by atoms with van der Waals surface area (Å²) >= 11 is 0. The van der Waals surface area contributed by atoms with Crippen LogP contribution >= 0.6 is 0 Å². The van der Waals surface area contributed by atoms with Gasteiger partial charge in [-0.25, -0.2) is 8.78 Å². The summed E-state index contributed by atoms with van der Waals surface area (Å²) in [7, 11) is 0. The lowest BCUT2D eigenvalue weighted by Crippen LogP contribution is -2.30. The van der Waals surface area contributed by atoms with Crippen molar-refractivity contribution >= 4 is 5.91 Å². The van der Waals surface area contributed by atoms with Crippen molar-refractivity contribution in [3.05, 3.63) is 41.1 Å². The van der Waals surface area contributed by atoms with Crippen molar-refractivity contribution in [1.29, 1.82) is 0 Å². The van der Waals surface area contributed by atoms with E-state index in [-0.39, 0.29) is 11.3 Å². The van der Waals surface area contributed by atoms with Crippen LogP contribution in [0.15, 0.2) is 18.2 Å². The van der Waals surface area contributed by atoms with E-state index in [0.29, 0.717) is 24.3 Å². The van der Waals surface area contributed by atoms with Crippen LogP contribution in [0.3, 0.4) is 0 Å². The summed E-state index contributed by atoms with van der Waals surface area (Å²) in [6.07, 6.45) is 0. The van der Waals surface area contributed by atoms with Gasteiger partial charge in [0.15, 0.2) is 11.6 Å². The lowest BCUT2D eigenvalue weighted by molar-refractivity contribution is 0.0999. The molecule has 5 nitrogen and oxygen atoms in total. The van der Waals surface area contributed by atoms with E-state index in [2.05, 4.69) is 10.4 Å². The average Bonchev–Trinajstić information content (AvgIpc) is 2.81. The van der Waals surface area contributed by atoms with Gasteiger partial charge < -0.3 is 11.1 Å². The molecule has 1 amide bonds. The highest BCUT2D eigenvalue weighted by molar-refractivity contribution is 6.00. The molecule has 2 aromatic rings. The SMILES string of the molecule is NC(=O)c1c(-c2ccc(F)c(F)c2)nn2c1CNCC2. The van der Waals surface area contributed by atoms with E-state index in [1.165, 1.54) is 6.07 Å². The molecule has 0 saturated carbocycles. The molecule has 0 aliphatic carbocycles. The van der Waals surface area contributed by atoms with Crippen LogP contribution in [0.25, 0.3) is 11.3 Å². The summed E-state index contributed by atoms with van der Waals surface area (Å²) in [5.74, 6) is -2.56. The van der Waals surface area contributed by atoms with E-state index in [4.69, 9.17) is 5.73 Å². The van der Waals surface area contributed by atoms with E-state index in [0.717, 1.165) is 18.7 Å². The maximum atomic E-state index is 13.3. The standard InChI is InChI=1S/C13H12F2N4O/c14-8-2-1-7(5-9(8)15)12-11(13(16)20)10-6-17-3-4-19(10)18-12/h1-2,5,17H,3-4,6H2,(H2,16,20). The van der Waals surface area contributed by atoms with Crippen LogP contribution < -0.4 is 11.1 Å². The molecule has 0 spiro atoms. The fraction of sp³-hybridized carbons (Fsp3) is 0.231. The van der Waals surface area contributed by atoms with Crippen LogP contribution in [-0.4, -0.2) is 22.2 Å². The van der Waals surface area contributed by atoms with Gasteiger partial charge in [0, 0.05) is 18.7 Å². The zero-order chi connectivity index (χ0) is 14.3. The minimum absolute atomic E-state index is 0.253. The third-order valence-corrected chi connectivity index (χ3v) is 3.29. The largest absolute Gasteiger partial charge is 0.365 e. The lowest BCUT2D eigenvalue weighted by Gasteiger charge is -2.15. The van der Waals surface area contributed by atoms with Crippen LogP contribution in [0.1, 0.15) is 16.1 Å². The molecule has 3 rings (SSSR count). The molecule has 20 heavy (non-hydrogen) atoms. The second-order valence-electron chi connectivity index (χ2n) is 4.56. The van der Waals surface area contributed by atoms with Gasteiger partial charge in [0.25, 0.3) is 5.91 Å². The van der Waals surface area contributed by atoms with Crippen molar-refractivity contribution in [2.24, 2.45) is 5.73 Å². The van der Waals surface area contributed by atoms with Crippen molar-refractivity contribution < 1.29 is 13.6 Å². The van der Waals surface area contributed by atoms with Gasteiger partial charge in [-0.1, -0.05) is 0 Å². The number of benzene rings is 1. The molecule has 1 aliphatic rings. The Bertz CT molecular complexity index is 696. The number of nitrogens with two attached hydrogens (primary N) is 1. The van der Waals surface area contributed by atoms with Crippen molar-refractivity contribution in [3.63, 3.8) is 0 Å². The molecule has 0 saturated heterocycles. The molecular formula is C13H12F2N4O. The summed E-state index contributed by atoms with van der Waals surface area (Å²) < 4.78 is 28.0. The van der Waals surface area contributed by atoms with Crippen LogP contribution in [0.4, 0.5) is 8.78 Å². The number of primary amides is 1. The van der Waals surface area contributed by atoms with Crippen LogP contribution in [0.2, 0.25) is 0 Å². The summed E-state index contributed by atoms with van der Waals surface area (Å²) in [5.41, 5.74) is 6.94. The van der Waals surface area contributed by atoms with Crippen LogP contribution in [0.5, 0.6) is 0 Å². The summed E-state index contributed by atoms with van der Waals surface area (Å²) in [5, 5.41) is 7.42. The van der Waals surface area contributed by atoms with Gasteiger partial charge in [-0.15, -0.1) is 0 Å². The second-order valence-corrected chi connectivity index (χ2v) is 4.56. The predicted octanol–water partition coefficient (Wildman–Crippen LogP) is 1.03. The Labute approximate surface area is 113 Å². The van der Waals surface area contributed by atoms with Crippen molar-refractivity contribution in [2.75, 3.05) is 6.54 Å². The molecule has 0 bridgehead atoms. The molecule has 1 aromatic carbocycles. The molecule has 0 radical (unpaired) electrons. The zero-order valence-corrected chi connectivity index (χ0v) is 10.5. The lowest BCUT2D eigenvalue weighted by atomic mass is 10.0. The third kappa shape index (κ3) is 1.96. The quantitative estimate of drug-likeness (QED) is 0.861. The normalized spacial score (nSPS) is 14.1. The number of hydrogen-bond donors (Lipinski definition) is 2. The highest BCUT2D eigenvalue weighted by atomic mass is 19.2. The topological polar surface area (TPSA) is 72.9 Å². The molecule has 3 N–H and O–H groups in total. The van der Waals surface area contributed by atoms with Crippen molar-refractivity contribution in [2.45, 2.75) is 13.1 Å². The van der Waals surface area contributed by atoms with E-state index in [1.54, 1.807) is 4.68 Å². The Morgan fingerprint density at radius 3 is 2.85 bits per heavy atom. The molecule has 1 aromatic heterocycles. The van der Waals surface area contributed by atoms with Crippen LogP contribution in [0, 0.1) is 11.6 Å². The van der Waals surface area contributed by atoms with E-state index in [9.17, 15) is 13.6 Å². The Balaban J connectivity index is 2.19. The van der Waals surface area contributed by atoms with E-state index < -0.39 is 17.5 Å². The molecule has 0 atom stereocenters. The number of nitrogens with zero attached hydrogens (tertiary/aromatic N) is 2.